The Labute approximate surface area is 173 Å². The van der Waals surface area contributed by atoms with Crippen molar-refractivity contribution in [2.75, 3.05) is 11.9 Å². The fourth-order valence-electron chi connectivity index (χ4n) is 3.14. The monoisotopic (exact) mass is 414 g/mol. The molecule has 0 atom stereocenters. The molecule has 0 saturated carbocycles. The van der Waals surface area contributed by atoms with Crippen molar-refractivity contribution in [3.8, 4) is 0 Å². The van der Waals surface area contributed by atoms with Crippen LogP contribution in [0, 0.1) is 0 Å². The van der Waals surface area contributed by atoms with E-state index < -0.39 is 11.7 Å². The van der Waals surface area contributed by atoms with Crippen LogP contribution in [0.25, 0.3) is 0 Å². The highest BCUT2D eigenvalue weighted by atomic mass is 32.1. The second kappa shape index (κ2) is 9.56. The minimum absolute atomic E-state index is 0.221. The van der Waals surface area contributed by atoms with Crippen LogP contribution in [0.5, 0.6) is 0 Å². The number of hydrogen-bond acceptors (Lipinski definition) is 1. The lowest BCUT2D eigenvalue weighted by Gasteiger charge is -2.19. The van der Waals surface area contributed by atoms with Crippen LogP contribution >= 0.6 is 12.2 Å². The van der Waals surface area contributed by atoms with Gasteiger partial charge >= 0.3 is 6.18 Å². The van der Waals surface area contributed by atoms with Crippen LogP contribution in [0.3, 0.4) is 0 Å². The number of rotatable bonds is 6. The largest absolute Gasteiger partial charge is 0.416 e. The summed E-state index contributed by atoms with van der Waals surface area (Å²) < 4.78 is 37.9. The molecule has 29 heavy (non-hydrogen) atoms. The van der Waals surface area contributed by atoms with Gasteiger partial charge in [0.25, 0.3) is 0 Å². The van der Waals surface area contributed by atoms with Crippen LogP contribution in [0.4, 0.5) is 18.9 Å². The van der Waals surface area contributed by atoms with E-state index in [0.29, 0.717) is 17.3 Å². The van der Waals surface area contributed by atoms with Gasteiger partial charge in [-0.25, -0.2) is 0 Å². The molecule has 0 aliphatic carbocycles. The van der Waals surface area contributed by atoms with Gasteiger partial charge in [-0.05, 0) is 54.0 Å². The number of nitrogens with one attached hydrogen (secondary N) is 2. The molecule has 0 saturated heterocycles. The van der Waals surface area contributed by atoms with Crippen molar-refractivity contribution >= 4 is 23.0 Å². The standard InChI is InChI=1S/C23H21F3N2S/c24-23(25,26)19-11-13-20(14-12-19)28-22(29)27-16-15-21(17-7-3-1-4-8-17)18-9-5-2-6-10-18/h1-14,21H,15-16H2,(H2,27,28,29). The molecule has 0 amide bonds. The van der Waals surface area contributed by atoms with Gasteiger partial charge in [0.15, 0.2) is 5.11 Å². The first-order valence-corrected chi connectivity index (χ1v) is 9.66. The Kier molecular flexibility index (Phi) is 6.88. The summed E-state index contributed by atoms with van der Waals surface area (Å²) in [7, 11) is 0. The van der Waals surface area contributed by atoms with E-state index in [1.807, 2.05) is 36.4 Å². The Balaban J connectivity index is 1.57. The molecule has 0 unspecified atom stereocenters. The van der Waals surface area contributed by atoms with Crippen molar-refractivity contribution in [3.63, 3.8) is 0 Å². The fourth-order valence-corrected chi connectivity index (χ4v) is 3.36. The van der Waals surface area contributed by atoms with E-state index in [1.54, 1.807) is 0 Å². The van der Waals surface area contributed by atoms with Gasteiger partial charge in [-0.3, -0.25) is 0 Å². The van der Waals surface area contributed by atoms with Crippen LogP contribution in [-0.2, 0) is 6.18 Å². The third-order valence-corrected chi connectivity index (χ3v) is 4.84. The molecular formula is C23H21F3N2S. The summed E-state index contributed by atoms with van der Waals surface area (Å²) in [6.07, 6.45) is -3.52. The molecule has 3 aromatic rings. The molecule has 0 radical (unpaired) electrons. The fraction of sp³-hybridized carbons (Fsp3) is 0.174. The zero-order chi connectivity index (χ0) is 20.7. The molecule has 0 fully saturated rings. The van der Waals surface area contributed by atoms with Crippen molar-refractivity contribution in [3.05, 3.63) is 102 Å². The molecule has 2 N–H and O–H groups in total. The van der Waals surface area contributed by atoms with E-state index >= 15 is 0 Å². The molecule has 0 aliphatic rings. The van der Waals surface area contributed by atoms with E-state index in [0.717, 1.165) is 18.6 Å². The van der Waals surface area contributed by atoms with Gasteiger partial charge in [-0.15, -0.1) is 0 Å². The minimum atomic E-state index is -4.35. The molecule has 0 bridgehead atoms. The number of thiocarbonyl (C=S) groups is 1. The molecule has 0 heterocycles. The van der Waals surface area contributed by atoms with Crippen molar-refractivity contribution in [2.24, 2.45) is 0 Å². The molecular weight excluding hydrogens is 393 g/mol. The van der Waals surface area contributed by atoms with Crippen LogP contribution in [0.2, 0.25) is 0 Å². The van der Waals surface area contributed by atoms with Gasteiger partial charge in [-0.1, -0.05) is 60.7 Å². The molecule has 0 spiro atoms. The van der Waals surface area contributed by atoms with Crippen molar-refractivity contribution in [1.82, 2.24) is 5.32 Å². The molecule has 3 aromatic carbocycles. The Bertz CT molecular complexity index is 871. The molecule has 0 aliphatic heterocycles. The average molecular weight is 414 g/mol. The van der Waals surface area contributed by atoms with Crippen LogP contribution in [0.1, 0.15) is 29.0 Å². The Hall–Kier alpha value is -2.86. The summed E-state index contributed by atoms with van der Waals surface area (Å²) in [5, 5.41) is 6.45. The van der Waals surface area contributed by atoms with E-state index in [4.69, 9.17) is 12.2 Å². The molecule has 6 heteroatoms. The smallest absolute Gasteiger partial charge is 0.362 e. The predicted molar refractivity (Wildman–Crippen MR) is 115 cm³/mol. The highest BCUT2D eigenvalue weighted by Gasteiger charge is 2.29. The molecule has 3 rings (SSSR count). The van der Waals surface area contributed by atoms with Gasteiger partial charge in [0.1, 0.15) is 0 Å². The summed E-state index contributed by atoms with van der Waals surface area (Å²) in [5.74, 6) is 0.221. The Morgan fingerprint density at radius 2 is 1.31 bits per heavy atom. The number of halogens is 3. The summed E-state index contributed by atoms with van der Waals surface area (Å²) in [4.78, 5) is 0. The lowest BCUT2D eigenvalue weighted by Crippen LogP contribution is -2.30. The topological polar surface area (TPSA) is 24.1 Å². The summed E-state index contributed by atoms with van der Waals surface area (Å²) in [5.41, 5.74) is 2.28. The quantitative estimate of drug-likeness (QED) is 0.469. The number of anilines is 1. The van der Waals surface area contributed by atoms with Gasteiger partial charge in [0.2, 0.25) is 0 Å². The zero-order valence-electron chi connectivity index (χ0n) is 15.6. The maximum atomic E-state index is 12.6. The zero-order valence-corrected chi connectivity index (χ0v) is 16.4. The summed E-state index contributed by atoms with van der Waals surface area (Å²) in [6.45, 7) is 0.626. The van der Waals surface area contributed by atoms with E-state index in [2.05, 4.69) is 34.9 Å². The first kappa shape index (κ1) is 20.9. The minimum Gasteiger partial charge on any atom is -0.362 e. The first-order valence-electron chi connectivity index (χ1n) is 9.25. The third kappa shape index (κ3) is 6.06. The van der Waals surface area contributed by atoms with Gasteiger partial charge < -0.3 is 10.6 Å². The number of hydrogen-bond donors (Lipinski definition) is 2. The second-order valence-corrected chi connectivity index (χ2v) is 7.03. The third-order valence-electron chi connectivity index (χ3n) is 4.59. The first-order chi connectivity index (χ1) is 13.9. The van der Waals surface area contributed by atoms with Gasteiger partial charge in [0.05, 0.1) is 5.56 Å². The molecule has 2 nitrogen and oxygen atoms in total. The van der Waals surface area contributed by atoms with Crippen molar-refractivity contribution < 1.29 is 13.2 Å². The summed E-state index contributed by atoms with van der Waals surface area (Å²) in [6, 6.07) is 25.3. The predicted octanol–water partition coefficient (Wildman–Crippen LogP) is 6.21. The van der Waals surface area contributed by atoms with Crippen LogP contribution in [-0.4, -0.2) is 11.7 Å². The lowest BCUT2D eigenvalue weighted by molar-refractivity contribution is -0.137. The van der Waals surface area contributed by atoms with Crippen LogP contribution < -0.4 is 10.6 Å². The van der Waals surface area contributed by atoms with Crippen LogP contribution in [0.15, 0.2) is 84.9 Å². The summed E-state index contributed by atoms with van der Waals surface area (Å²) >= 11 is 5.28. The van der Waals surface area contributed by atoms with E-state index in [-0.39, 0.29) is 5.92 Å². The maximum absolute atomic E-state index is 12.6. The highest BCUT2D eigenvalue weighted by molar-refractivity contribution is 7.80. The lowest BCUT2D eigenvalue weighted by atomic mass is 9.88. The molecule has 150 valence electrons. The van der Waals surface area contributed by atoms with E-state index in [1.165, 1.54) is 23.3 Å². The normalized spacial score (nSPS) is 11.3. The number of benzene rings is 3. The second-order valence-electron chi connectivity index (χ2n) is 6.62. The Morgan fingerprint density at radius 1 is 0.793 bits per heavy atom. The van der Waals surface area contributed by atoms with Crippen molar-refractivity contribution in [1.29, 1.82) is 0 Å². The maximum Gasteiger partial charge on any atom is 0.416 e. The Morgan fingerprint density at radius 3 is 1.79 bits per heavy atom. The average Bonchev–Trinajstić information content (AvgIpc) is 2.72. The van der Waals surface area contributed by atoms with Gasteiger partial charge in [0, 0.05) is 18.2 Å². The van der Waals surface area contributed by atoms with Gasteiger partial charge in [-0.2, -0.15) is 13.2 Å². The molecule has 0 aromatic heterocycles. The SMILES string of the molecule is FC(F)(F)c1ccc(NC(=S)NCCC(c2ccccc2)c2ccccc2)cc1. The van der Waals surface area contributed by atoms with Crippen molar-refractivity contribution in [2.45, 2.75) is 18.5 Å². The number of alkyl halides is 3. The highest BCUT2D eigenvalue weighted by Crippen LogP contribution is 2.30. The van der Waals surface area contributed by atoms with E-state index in [9.17, 15) is 13.2 Å².